The molecule has 33 heavy (non-hydrogen) atoms. The highest BCUT2D eigenvalue weighted by atomic mass is 35.5. The third-order valence-electron chi connectivity index (χ3n) is 4.99. The third-order valence-corrected chi connectivity index (χ3v) is 4.99. The van der Waals surface area contributed by atoms with Crippen LogP contribution in [0, 0.1) is 0 Å². The molecule has 1 amide bonds. The van der Waals surface area contributed by atoms with Gasteiger partial charge in [0, 0.05) is 56.0 Å². The number of nitrogens with zero attached hydrogens (tertiary/aromatic N) is 2. The van der Waals surface area contributed by atoms with Gasteiger partial charge in [-0.25, -0.2) is 0 Å². The molecule has 0 bridgehead atoms. The zero-order valence-corrected chi connectivity index (χ0v) is 21.8. The van der Waals surface area contributed by atoms with Crippen molar-refractivity contribution in [1.82, 2.24) is 4.98 Å². The van der Waals surface area contributed by atoms with Gasteiger partial charge in [0.15, 0.2) is 0 Å². The zero-order chi connectivity index (χ0) is 21.5. The van der Waals surface area contributed by atoms with Crippen molar-refractivity contribution >= 4 is 60.2 Å². The number of nitrogens with one attached hydrogen (secondary N) is 2. The average molecular weight is 512 g/mol. The van der Waals surface area contributed by atoms with Crippen molar-refractivity contribution in [2.75, 3.05) is 36.2 Å². The Balaban J connectivity index is 0.00000341. The van der Waals surface area contributed by atoms with Crippen LogP contribution in [0.1, 0.15) is 41.4 Å². The van der Waals surface area contributed by atoms with Crippen LogP contribution in [0.3, 0.4) is 0 Å². The summed E-state index contributed by atoms with van der Waals surface area (Å²) < 4.78 is 0. The second-order valence-corrected chi connectivity index (χ2v) is 7.86. The molecule has 0 atom stereocenters. The molecule has 0 aliphatic carbocycles. The van der Waals surface area contributed by atoms with Gasteiger partial charge in [-0.3, -0.25) is 9.78 Å². The van der Waals surface area contributed by atoms with Gasteiger partial charge in [0.2, 0.25) is 0 Å². The van der Waals surface area contributed by atoms with Gasteiger partial charge < -0.3 is 15.5 Å². The number of anilines is 3. The molecule has 0 spiro atoms. The zero-order valence-electron chi connectivity index (χ0n) is 19.4. The van der Waals surface area contributed by atoms with Crippen molar-refractivity contribution < 1.29 is 4.79 Å². The third kappa shape index (κ3) is 8.77. The predicted octanol–water partition coefficient (Wildman–Crippen LogP) is 6.44. The van der Waals surface area contributed by atoms with Crippen LogP contribution in [-0.2, 0) is 6.42 Å². The van der Waals surface area contributed by atoms with E-state index in [1.807, 2.05) is 79.8 Å². The maximum absolute atomic E-state index is 12.9. The van der Waals surface area contributed by atoms with Gasteiger partial charge in [0.25, 0.3) is 5.91 Å². The highest BCUT2D eigenvalue weighted by Gasteiger charge is 2.15. The first-order chi connectivity index (χ1) is 14.4. The van der Waals surface area contributed by atoms with Gasteiger partial charge >= 0.3 is 0 Å². The number of carbonyl (C=O) groups excluding carboxylic acids is 1. The number of hydrogen-bond donors (Lipinski definition) is 2. The monoisotopic (exact) mass is 510 g/mol. The van der Waals surface area contributed by atoms with Crippen molar-refractivity contribution in [1.29, 1.82) is 0 Å². The molecule has 0 saturated carbocycles. The van der Waals surface area contributed by atoms with Crippen LogP contribution < -0.4 is 15.5 Å². The normalized spacial score (nSPS) is 9.73. The van der Waals surface area contributed by atoms with Crippen LogP contribution in [0.4, 0.5) is 17.1 Å². The highest BCUT2D eigenvalue weighted by molar-refractivity contribution is 6.08. The molecule has 5 nitrogen and oxygen atoms in total. The lowest BCUT2D eigenvalue weighted by Crippen LogP contribution is -2.19. The first-order valence-electron chi connectivity index (χ1n) is 10.3. The first kappa shape index (κ1) is 30.5. The number of benzene rings is 2. The fourth-order valence-electron chi connectivity index (χ4n) is 3.22. The highest BCUT2D eigenvalue weighted by Crippen LogP contribution is 2.26. The van der Waals surface area contributed by atoms with Crippen LogP contribution in [0.2, 0.25) is 0 Å². The summed E-state index contributed by atoms with van der Waals surface area (Å²) in [5, 5.41) is 6.39. The van der Waals surface area contributed by atoms with Crippen LogP contribution in [0.15, 0.2) is 66.9 Å². The minimum Gasteiger partial charge on any atom is -0.385 e. The molecule has 0 aliphatic heterocycles. The van der Waals surface area contributed by atoms with E-state index in [-0.39, 0.29) is 43.1 Å². The lowest BCUT2D eigenvalue weighted by molar-refractivity contribution is 0.102. The SMILES string of the molecule is CC(C)c1ccc(C(=O)Nc2ccc(NCCc3ccccn3)cc2)c(N(C)C)c1.Cl.Cl.Cl. The molecule has 1 aromatic heterocycles. The Kier molecular flexibility index (Phi) is 13.5. The van der Waals surface area contributed by atoms with E-state index in [0.29, 0.717) is 11.5 Å². The Bertz CT molecular complexity index is 981. The Morgan fingerprint density at radius 3 is 2.18 bits per heavy atom. The number of halogens is 3. The summed E-state index contributed by atoms with van der Waals surface area (Å²) >= 11 is 0. The molecule has 0 radical (unpaired) electrons. The quantitative estimate of drug-likeness (QED) is 0.365. The van der Waals surface area contributed by atoms with E-state index in [9.17, 15) is 4.79 Å². The van der Waals surface area contributed by atoms with Crippen LogP contribution in [0.5, 0.6) is 0 Å². The Labute approximate surface area is 215 Å². The van der Waals surface area contributed by atoms with Gasteiger partial charge in [0.05, 0.1) is 5.56 Å². The summed E-state index contributed by atoms with van der Waals surface area (Å²) in [4.78, 5) is 19.2. The molecule has 0 aliphatic rings. The van der Waals surface area contributed by atoms with Crippen molar-refractivity contribution in [3.8, 4) is 0 Å². The van der Waals surface area contributed by atoms with E-state index in [1.54, 1.807) is 0 Å². The Hall–Kier alpha value is -2.47. The smallest absolute Gasteiger partial charge is 0.257 e. The van der Waals surface area contributed by atoms with Gasteiger partial charge in [-0.2, -0.15) is 0 Å². The number of rotatable bonds is 8. The lowest BCUT2D eigenvalue weighted by atomic mass is 9.99. The molecule has 180 valence electrons. The maximum atomic E-state index is 12.9. The standard InChI is InChI=1S/C25H30N4O.3ClH/c1-18(2)19-8-13-23(24(17-19)29(3)4)25(30)28-22-11-9-21(10-12-22)27-16-14-20-7-5-6-15-26-20;;;/h5-13,15,17-18,27H,14,16H2,1-4H3,(H,28,30);3*1H. The fourth-order valence-corrected chi connectivity index (χ4v) is 3.22. The van der Waals surface area contributed by atoms with E-state index in [0.717, 1.165) is 35.7 Å². The largest absolute Gasteiger partial charge is 0.385 e. The number of carbonyl (C=O) groups is 1. The van der Waals surface area contributed by atoms with Gasteiger partial charge in [0.1, 0.15) is 0 Å². The second-order valence-electron chi connectivity index (χ2n) is 7.86. The van der Waals surface area contributed by atoms with Crippen molar-refractivity contribution in [3.05, 3.63) is 83.7 Å². The van der Waals surface area contributed by atoms with Crippen LogP contribution in [-0.4, -0.2) is 31.5 Å². The van der Waals surface area contributed by atoms with Crippen molar-refractivity contribution in [3.63, 3.8) is 0 Å². The number of hydrogen-bond acceptors (Lipinski definition) is 4. The molecular formula is C25H33Cl3N4O. The van der Waals surface area contributed by atoms with Gasteiger partial charge in [-0.1, -0.05) is 26.0 Å². The molecule has 2 N–H and O–H groups in total. The Morgan fingerprint density at radius 1 is 0.939 bits per heavy atom. The van der Waals surface area contributed by atoms with Crippen molar-refractivity contribution in [2.45, 2.75) is 26.2 Å². The maximum Gasteiger partial charge on any atom is 0.257 e. The molecule has 3 rings (SSSR count). The van der Waals surface area contributed by atoms with E-state index in [2.05, 4.69) is 35.5 Å². The molecule has 1 heterocycles. The van der Waals surface area contributed by atoms with E-state index in [4.69, 9.17) is 0 Å². The van der Waals surface area contributed by atoms with E-state index in [1.165, 1.54) is 5.56 Å². The van der Waals surface area contributed by atoms with Crippen LogP contribution in [0.25, 0.3) is 0 Å². The molecule has 2 aromatic carbocycles. The minimum absolute atomic E-state index is 0. The molecule has 0 saturated heterocycles. The number of aromatic nitrogens is 1. The summed E-state index contributed by atoms with van der Waals surface area (Å²) in [5.74, 6) is 0.309. The van der Waals surface area contributed by atoms with Crippen LogP contribution >= 0.6 is 37.2 Å². The molecule has 0 fully saturated rings. The first-order valence-corrected chi connectivity index (χ1v) is 10.3. The summed E-state index contributed by atoms with van der Waals surface area (Å²) in [6, 6.07) is 19.8. The van der Waals surface area contributed by atoms with Gasteiger partial charge in [-0.05, 0) is 60.0 Å². The average Bonchev–Trinajstić information content (AvgIpc) is 2.75. The van der Waals surface area contributed by atoms with Crippen molar-refractivity contribution in [2.24, 2.45) is 0 Å². The van der Waals surface area contributed by atoms with E-state index >= 15 is 0 Å². The number of pyridine rings is 1. The summed E-state index contributed by atoms with van der Waals surface area (Å²) in [5.41, 5.74) is 5.66. The molecular weight excluding hydrogens is 479 g/mol. The fraction of sp³-hybridized carbons (Fsp3) is 0.280. The van der Waals surface area contributed by atoms with Gasteiger partial charge in [-0.15, -0.1) is 37.2 Å². The summed E-state index contributed by atoms with van der Waals surface area (Å²) in [6.07, 6.45) is 2.67. The molecule has 0 unspecified atom stereocenters. The Morgan fingerprint density at radius 2 is 1.61 bits per heavy atom. The lowest BCUT2D eigenvalue weighted by Gasteiger charge is -2.19. The summed E-state index contributed by atoms with van der Waals surface area (Å²) in [6.45, 7) is 5.11. The minimum atomic E-state index is -0.107. The topological polar surface area (TPSA) is 57.3 Å². The predicted molar refractivity (Wildman–Crippen MR) is 147 cm³/mol. The number of amides is 1. The molecule has 3 aromatic rings. The van der Waals surface area contributed by atoms with E-state index < -0.39 is 0 Å². The summed E-state index contributed by atoms with van der Waals surface area (Å²) in [7, 11) is 3.92. The molecule has 8 heteroatoms. The second kappa shape index (κ2) is 14.6.